The van der Waals surface area contributed by atoms with Crippen LogP contribution in [0.4, 0.5) is 0 Å². The molecule has 1 aromatic carbocycles. The number of ether oxygens (including phenoxy) is 1. The fourth-order valence-corrected chi connectivity index (χ4v) is 1.61. The monoisotopic (exact) mass is 314 g/mol. The molecule has 0 saturated heterocycles. The number of halogens is 1. The Bertz CT molecular complexity index is 561. The molecule has 0 unspecified atom stereocenters. The average molecular weight is 315 g/mol. The molecule has 0 fully saturated rings. The fraction of sp³-hybridized carbons (Fsp3) is 0.308. The number of carboxylic acids is 1. The SMILES string of the molecule is Cc1cc(OCC(=O)N[C@H](CC(N)=O)C(=O)O)ccc1Cl. The number of aliphatic carboxylic acids is 1. The smallest absolute Gasteiger partial charge is 0.326 e. The van der Waals surface area contributed by atoms with Gasteiger partial charge < -0.3 is 20.9 Å². The molecule has 0 saturated carbocycles. The van der Waals surface area contributed by atoms with Crippen LogP contribution < -0.4 is 15.8 Å². The lowest BCUT2D eigenvalue weighted by molar-refractivity contribution is -0.143. The number of benzene rings is 1. The van der Waals surface area contributed by atoms with Crippen molar-refractivity contribution >= 4 is 29.4 Å². The van der Waals surface area contributed by atoms with Crippen LogP contribution in [0, 0.1) is 6.92 Å². The zero-order chi connectivity index (χ0) is 16.0. The third-order valence-electron chi connectivity index (χ3n) is 2.54. The molecule has 0 heterocycles. The number of hydrogen-bond acceptors (Lipinski definition) is 4. The van der Waals surface area contributed by atoms with Crippen LogP contribution in [-0.2, 0) is 14.4 Å². The Morgan fingerprint density at radius 3 is 2.62 bits per heavy atom. The second-order valence-electron chi connectivity index (χ2n) is 4.33. The summed E-state index contributed by atoms with van der Waals surface area (Å²) in [6, 6.07) is 3.48. The maximum absolute atomic E-state index is 11.6. The second kappa shape index (κ2) is 7.49. The number of nitrogens with two attached hydrogens (primary N) is 1. The van der Waals surface area contributed by atoms with Crippen molar-refractivity contribution in [1.82, 2.24) is 5.32 Å². The highest BCUT2D eigenvalue weighted by molar-refractivity contribution is 6.31. The summed E-state index contributed by atoms with van der Waals surface area (Å²) >= 11 is 5.85. The van der Waals surface area contributed by atoms with Gasteiger partial charge in [-0.1, -0.05) is 11.6 Å². The fourth-order valence-electron chi connectivity index (χ4n) is 1.49. The number of carbonyl (C=O) groups excluding carboxylic acids is 2. The predicted molar refractivity (Wildman–Crippen MR) is 75.1 cm³/mol. The molecule has 114 valence electrons. The third-order valence-corrected chi connectivity index (χ3v) is 2.96. The van der Waals surface area contributed by atoms with E-state index in [1.807, 2.05) is 0 Å². The van der Waals surface area contributed by atoms with Crippen LogP contribution in [-0.4, -0.2) is 35.5 Å². The Morgan fingerprint density at radius 2 is 2.10 bits per heavy atom. The molecule has 0 radical (unpaired) electrons. The van der Waals surface area contributed by atoms with Gasteiger partial charge in [0.15, 0.2) is 6.61 Å². The van der Waals surface area contributed by atoms with Crippen molar-refractivity contribution in [2.24, 2.45) is 5.73 Å². The molecule has 21 heavy (non-hydrogen) atoms. The van der Waals surface area contributed by atoms with Crippen molar-refractivity contribution in [3.8, 4) is 5.75 Å². The zero-order valence-electron chi connectivity index (χ0n) is 11.3. The highest BCUT2D eigenvalue weighted by Crippen LogP contribution is 2.20. The van der Waals surface area contributed by atoms with Crippen molar-refractivity contribution in [1.29, 1.82) is 0 Å². The zero-order valence-corrected chi connectivity index (χ0v) is 12.0. The van der Waals surface area contributed by atoms with Gasteiger partial charge in [0, 0.05) is 5.02 Å². The first-order valence-electron chi connectivity index (χ1n) is 5.99. The summed E-state index contributed by atoms with van der Waals surface area (Å²) in [5.74, 6) is -2.41. The quantitative estimate of drug-likeness (QED) is 0.676. The molecule has 4 N–H and O–H groups in total. The molecule has 1 rings (SSSR count). The number of primary amides is 1. The predicted octanol–water partition coefficient (Wildman–Crippen LogP) is 0.472. The Balaban J connectivity index is 2.54. The van der Waals surface area contributed by atoms with E-state index < -0.39 is 30.2 Å². The molecule has 0 aromatic heterocycles. The van der Waals surface area contributed by atoms with Crippen LogP contribution in [0.2, 0.25) is 5.02 Å². The van der Waals surface area contributed by atoms with Gasteiger partial charge in [-0.05, 0) is 30.7 Å². The van der Waals surface area contributed by atoms with Gasteiger partial charge in [-0.3, -0.25) is 9.59 Å². The lowest BCUT2D eigenvalue weighted by atomic mass is 10.2. The Morgan fingerprint density at radius 1 is 1.43 bits per heavy atom. The van der Waals surface area contributed by atoms with Gasteiger partial charge in [-0.15, -0.1) is 0 Å². The second-order valence-corrected chi connectivity index (χ2v) is 4.74. The number of carboxylic acid groups (broad SMARTS) is 1. The minimum Gasteiger partial charge on any atom is -0.484 e. The van der Waals surface area contributed by atoms with Gasteiger partial charge in [0.1, 0.15) is 11.8 Å². The van der Waals surface area contributed by atoms with E-state index in [1.165, 1.54) is 0 Å². The number of aryl methyl sites for hydroxylation is 1. The molecule has 8 heteroatoms. The molecule has 7 nitrogen and oxygen atoms in total. The molecule has 0 spiro atoms. The maximum Gasteiger partial charge on any atom is 0.326 e. The van der Waals surface area contributed by atoms with E-state index in [0.717, 1.165) is 5.56 Å². The van der Waals surface area contributed by atoms with E-state index in [1.54, 1.807) is 25.1 Å². The van der Waals surface area contributed by atoms with Crippen molar-refractivity contribution in [2.75, 3.05) is 6.61 Å². The topological polar surface area (TPSA) is 119 Å². The summed E-state index contributed by atoms with van der Waals surface area (Å²) in [6.45, 7) is 1.40. The normalized spacial score (nSPS) is 11.5. The summed E-state index contributed by atoms with van der Waals surface area (Å²) in [6.07, 6.45) is -0.485. The van der Waals surface area contributed by atoms with Gasteiger partial charge in [-0.25, -0.2) is 4.79 Å². The third kappa shape index (κ3) is 5.70. The number of rotatable bonds is 7. The largest absolute Gasteiger partial charge is 0.484 e. The van der Waals surface area contributed by atoms with Crippen LogP contribution in [0.1, 0.15) is 12.0 Å². The van der Waals surface area contributed by atoms with E-state index in [2.05, 4.69) is 5.32 Å². The van der Waals surface area contributed by atoms with Gasteiger partial charge >= 0.3 is 5.97 Å². The highest BCUT2D eigenvalue weighted by atomic mass is 35.5. The van der Waals surface area contributed by atoms with E-state index in [9.17, 15) is 14.4 Å². The van der Waals surface area contributed by atoms with Crippen LogP contribution in [0.3, 0.4) is 0 Å². The van der Waals surface area contributed by atoms with E-state index in [0.29, 0.717) is 10.8 Å². The highest BCUT2D eigenvalue weighted by Gasteiger charge is 2.22. The van der Waals surface area contributed by atoms with E-state index in [4.69, 9.17) is 27.2 Å². The summed E-state index contributed by atoms with van der Waals surface area (Å²) in [5.41, 5.74) is 5.69. The standard InChI is InChI=1S/C13H15ClN2O5/c1-7-4-8(2-3-9(7)14)21-6-12(18)16-10(13(19)20)5-11(15)17/h2-4,10H,5-6H2,1H3,(H2,15,17)(H,16,18)(H,19,20)/t10-/m1/s1. The van der Waals surface area contributed by atoms with Crippen molar-refractivity contribution in [3.63, 3.8) is 0 Å². The van der Waals surface area contributed by atoms with Crippen molar-refractivity contribution in [2.45, 2.75) is 19.4 Å². The molecular formula is C13H15ClN2O5. The molecule has 0 aliphatic carbocycles. The number of nitrogens with one attached hydrogen (secondary N) is 1. The minimum atomic E-state index is -1.37. The van der Waals surface area contributed by atoms with Crippen molar-refractivity contribution in [3.05, 3.63) is 28.8 Å². The van der Waals surface area contributed by atoms with Crippen molar-refractivity contribution < 1.29 is 24.2 Å². The Hall–Kier alpha value is -2.28. The molecule has 1 aromatic rings. The molecular weight excluding hydrogens is 300 g/mol. The molecule has 0 aliphatic heterocycles. The first-order chi connectivity index (χ1) is 9.79. The maximum atomic E-state index is 11.6. The molecule has 0 aliphatic rings. The minimum absolute atomic E-state index is 0.385. The van der Waals surface area contributed by atoms with Gasteiger partial charge in [-0.2, -0.15) is 0 Å². The number of amides is 2. The summed E-state index contributed by atoms with van der Waals surface area (Å²) < 4.78 is 5.21. The summed E-state index contributed by atoms with van der Waals surface area (Å²) in [7, 11) is 0. The van der Waals surface area contributed by atoms with Gasteiger partial charge in [0.25, 0.3) is 5.91 Å². The van der Waals surface area contributed by atoms with Crippen LogP contribution in [0.15, 0.2) is 18.2 Å². The lowest BCUT2D eigenvalue weighted by Crippen LogP contribution is -2.45. The summed E-state index contributed by atoms with van der Waals surface area (Å²) in [4.78, 5) is 33.1. The van der Waals surface area contributed by atoms with Gasteiger partial charge in [0.2, 0.25) is 5.91 Å². The van der Waals surface area contributed by atoms with Crippen LogP contribution in [0.25, 0.3) is 0 Å². The van der Waals surface area contributed by atoms with E-state index >= 15 is 0 Å². The number of carbonyl (C=O) groups is 3. The first-order valence-corrected chi connectivity index (χ1v) is 6.37. The lowest BCUT2D eigenvalue weighted by Gasteiger charge is -2.13. The van der Waals surface area contributed by atoms with E-state index in [-0.39, 0.29) is 6.61 Å². The molecule has 0 bridgehead atoms. The Labute approximate surface area is 126 Å². The Kier molecular flexibility index (Phi) is 5.98. The van der Waals surface area contributed by atoms with Crippen LogP contribution in [0.5, 0.6) is 5.75 Å². The van der Waals surface area contributed by atoms with Crippen LogP contribution >= 0.6 is 11.6 Å². The molecule has 2 amide bonds. The number of hydrogen-bond donors (Lipinski definition) is 3. The summed E-state index contributed by atoms with van der Waals surface area (Å²) in [5, 5.41) is 11.6. The molecule has 1 atom stereocenters. The average Bonchev–Trinajstić information content (AvgIpc) is 2.38. The van der Waals surface area contributed by atoms with Gasteiger partial charge in [0.05, 0.1) is 6.42 Å². The first kappa shape index (κ1) is 16.8.